The molecule has 0 radical (unpaired) electrons. The first kappa shape index (κ1) is 41.4. The minimum absolute atomic E-state index is 0.0367. The number of esters is 1. The van der Waals surface area contributed by atoms with Crippen LogP contribution in [0.15, 0.2) is 49.1 Å². The number of benzene rings is 1. The van der Waals surface area contributed by atoms with Gasteiger partial charge in [-0.2, -0.15) is 0 Å². The smallest absolute Gasteiger partial charge is 0.306 e. The summed E-state index contributed by atoms with van der Waals surface area (Å²) >= 11 is 0. The Hall–Kier alpha value is -4.30. The Morgan fingerprint density at radius 3 is 2.54 bits per heavy atom. The fourth-order valence-electron chi connectivity index (χ4n) is 10.2. The number of ether oxygens (including phenoxy) is 3. The number of rotatable bonds is 11. The Labute approximate surface area is 346 Å². The number of pyridine rings is 1. The third-order valence-corrected chi connectivity index (χ3v) is 15.6. The number of allylic oxidation sites excluding steroid dienone is 3. The van der Waals surface area contributed by atoms with Gasteiger partial charge in [0.25, 0.3) is 0 Å². The molecule has 2 aliphatic heterocycles. The summed E-state index contributed by atoms with van der Waals surface area (Å²) in [6.07, 6.45) is 14.0. The van der Waals surface area contributed by atoms with Crippen molar-refractivity contribution in [2.24, 2.45) is 29.1 Å². The molecule has 3 heterocycles. The lowest BCUT2D eigenvalue weighted by Crippen LogP contribution is -2.47. The number of aromatic nitrogens is 1. The van der Waals surface area contributed by atoms with Gasteiger partial charge in [-0.25, -0.2) is 13.4 Å². The standard InChI is InChI=1S/C45H57N3O10S/c1-2-30-25-45(30,44(53)47-59(54,55)32-19-20-32)26-38(50)37-23-31-27-48(37)43(52)35(28-11-6-7-12-28)24-40(51)58-39-18-10-14-29(39)13-4-3-5-16-34-41(56-22-21-49)33-15-8-9-17-36(33)46-42(34)57-31/h2-3,5,8-9,15,17,28-32,35,37,39,49H,1,4,6-7,10-14,16,18-27H2,(H,47,53)/b5-3+/t29-,30-,31-,35+,37+,39-,45-/m1/s1. The van der Waals surface area contributed by atoms with E-state index in [0.717, 1.165) is 63.2 Å². The molecule has 8 rings (SSSR count). The van der Waals surface area contributed by atoms with Crippen molar-refractivity contribution >= 4 is 44.5 Å². The van der Waals surface area contributed by atoms with Crippen molar-refractivity contribution < 1.29 is 46.9 Å². The van der Waals surface area contributed by atoms with Gasteiger partial charge in [0.1, 0.15) is 24.6 Å². The summed E-state index contributed by atoms with van der Waals surface area (Å²) < 4.78 is 47.1. The zero-order chi connectivity index (χ0) is 41.3. The molecule has 1 aromatic carbocycles. The molecule has 2 bridgehead atoms. The van der Waals surface area contributed by atoms with Crippen molar-refractivity contribution in [1.82, 2.24) is 14.6 Å². The fraction of sp³-hybridized carbons (Fsp3) is 0.622. The molecule has 14 heteroatoms. The number of aliphatic hydroxyl groups excluding tert-OH is 1. The second-order valence-corrected chi connectivity index (χ2v) is 19.6. The number of ketones is 1. The fourth-order valence-corrected chi connectivity index (χ4v) is 11.6. The number of fused-ring (bicyclic) bond motifs is 5. The largest absolute Gasteiger partial charge is 0.490 e. The van der Waals surface area contributed by atoms with E-state index in [9.17, 15) is 27.9 Å². The highest BCUT2D eigenvalue weighted by molar-refractivity contribution is 7.90. The van der Waals surface area contributed by atoms with E-state index < -0.39 is 56.5 Å². The summed E-state index contributed by atoms with van der Waals surface area (Å²) in [7, 11) is -3.87. The van der Waals surface area contributed by atoms with Crippen molar-refractivity contribution in [2.45, 2.75) is 126 Å². The molecule has 4 saturated carbocycles. The molecule has 1 saturated heterocycles. The summed E-state index contributed by atoms with van der Waals surface area (Å²) in [5.41, 5.74) is -0.00168. The maximum atomic E-state index is 15.0. The van der Waals surface area contributed by atoms with Crippen molar-refractivity contribution in [3.63, 3.8) is 0 Å². The van der Waals surface area contributed by atoms with Gasteiger partial charge in [0, 0.05) is 18.2 Å². The number of carbonyl (C=O) groups is 4. The predicted octanol–water partition coefficient (Wildman–Crippen LogP) is 5.52. The summed E-state index contributed by atoms with van der Waals surface area (Å²) in [6, 6.07) is 6.53. The Bertz CT molecular complexity index is 2100. The highest BCUT2D eigenvalue weighted by Crippen LogP contribution is 2.57. The van der Waals surface area contributed by atoms with Crippen LogP contribution in [0.2, 0.25) is 0 Å². The Kier molecular flexibility index (Phi) is 12.2. The van der Waals surface area contributed by atoms with Gasteiger partial charge in [-0.3, -0.25) is 23.9 Å². The first-order valence-electron chi connectivity index (χ1n) is 21.7. The molecule has 2 aromatic rings. The van der Waals surface area contributed by atoms with E-state index in [1.807, 2.05) is 30.3 Å². The van der Waals surface area contributed by atoms with Gasteiger partial charge in [0.05, 0.1) is 53.3 Å². The van der Waals surface area contributed by atoms with Gasteiger partial charge < -0.3 is 24.2 Å². The molecule has 1 aromatic heterocycles. The number of Topliss-reactive ketones (excluding diaryl/α,β-unsaturated/α-hetero) is 1. The number of carbonyl (C=O) groups excluding carboxylic acids is 4. The van der Waals surface area contributed by atoms with Crippen LogP contribution in [0, 0.1) is 29.1 Å². The maximum absolute atomic E-state index is 15.0. The maximum Gasteiger partial charge on any atom is 0.306 e. The van der Waals surface area contributed by atoms with Gasteiger partial charge >= 0.3 is 5.97 Å². The van der Waals surface area contributed by atoms with Crippen LogP contribution in [-0.4, -0.2) is 90.2 Å². The van der Waals surface area contributed by atoms with Crippen molar-refractivity contribution in [1.29, 1.82) is 0 Å². The Morgan fingerprint density at radius 1 is 1.02 bits per heavy atom. The van der Waals surface area contributed by atoms with Crippen molar-refractivity contribution in [3.05, 3.63) is 54.6 Å². The average molecular weight is 832 g/mol. The highest BCUT2D eigenvalue weighted by Gasteiger charge is 2.61. The molecule has 0 unspecified atom stereocenters. The molecule has 2 amide bonds. The van der Waals surface area contributed by atoms with Crippen LogP contribution in [0.5, 0.6) is 11.6 Å². The van der Waals surface area contributed by atoms with Crippen LogP contribution in [0.1, 0.15) is 102 Å². The zero-order valence-electron chi connectivity index (χ0n) is 33.7. The van der Waals surface area contributed by atoms with Crippen LogP contribution in [0.4, 0.5) is 0 Å². The highest BCUT2D eigenvalue weighted by atomic mass is 32.2. The van der Waals surface area contributed by atoms with Crippen molar-refractivity contribution in [2.75, 3.05) is 19.8 Å². The summed E-state index contributed by atoms with van der Waals surface area (Å²) in [5.74, 6) is -1.90. The molecule has 2 N–H and O–H groups in total. The molecule has 59 heavy (non-hydrogen) atoms. The number of para-hydroxylation sites is 1. The molecule has 318 valence electrons. The van der Waals surface area contributed by atoms with Crippen LogP contribution in [0.25, 0.3) is 10.9 Å². The van der Waals surface area contributed by atoms with Gasteiger partial charge in [0.15, 0.2) is 5.78 Å². The first-order chi connectivity index (χ1) is 28.5. The number of hydrogen-bond donors (Lipinski definition) is 2. The van der Waals surface area contributed by atoms with Gasteiger partial charge in [0.2, 0.25) is 27.7 Å². The summed E-state index contributed by atoms with van der Waals surface area (Å²) in [6.45, 7) is 3.76. The minimum Gasteiger partial charge on any atom is -0.490 e. The molecule has 6 aliphatic rings. The number of amides is 2. The van der Waals surface area contributed by atoms with E-state index in [4.69, 9.17) is 19.2 Å². The lowest BCUT2D eigenvalue weighted by Gasteiger charge is -2.31. The van der Waals surface area contributed by atoms with Crippen LogP contribution >= 0.6 is 0 Å². The molecule has 13 nitrogen and oxygen atoms in total. The second kappa shape index (κ2) is 17.4. The van der Waals surface area contributed by atoms with E-state index in [1.54, 1.807) is 11.0 Å². The quantitative estimate of drug-likeness (QED) is 0.215. The number of aliphatic hydroxyl groups is 1. The van der Waals surface area contributed by atoms with Crippen molar-refractivity contribution in [3.8, 4) is 11.6 Å². The Morgan fingerprint density at radius 2 is 1.80 bits per heavy atom. The zero-order valence-corrected chi connectivity index (χ0v) is 34.5. The first-order valence-corrected chi connectivity index (χ1v) is 23.2. The Balaban J connectivity index is 1.16. The monoisotopic (exact) mass is 831 g/mol. The lowest BCUT2D eigenvalue weighted by molar-refractivity contribution is -0.156. The normalized spacial score (nSPS) is 31.0. The number of sulfonamides is 1. The molecule has 4 aliphatic carbocycles. The molecule has 5 fully saturated rings. The molecular formula is C45H57N3O10S. The number of nitrogens with zero attached hydrogens (tertiary/aromatic N) is 2. The minimum atomic E-state index is -3.87. The van der Waals surface area contributed by atoms with Crippen LogP contribution in [0.3, 0.4) is 0 Å². The van der Waals surface area contributed by atoms with Gasteiger partial charge in [-0.1, -0.05) is 43.2 Å². The van der Waals surface area contributed by atoms with Crippen LogP contribution in [-0.2, 0) is 40.4 Å². The van der Waals surface area contributed by atoms with Gasteiger partial charge in [-0.05, 0) is 101 Å². The lowest BCUT2D eigenvalue weighted by atomic mass is 9.86. The van der Waals surface area contributed by atoms with E-state index in [-0.39, 0.29) is 75.1 Å². The molecule has 7 atom stereocenters. The third kappa shape index (κ3) is 8.80. The molecule has 0 spiro atoms. The summed E-state index contributed by atoms with van der Waals surface area (Å²) in [5, 5.41) is 9.92. The van der Waals surface area contributed by atoms with Gasteiger partial charge in [-0.15, -0.1) is 6.58 Å². The van der Waals surface area contributed by atoms with E-state index >= 15 is 4.79 Å². The second-order valence-electron chi connectivity index (χ2n) is 17.6. The molecular weight excluding hydrogens is 775 g/mol. The topological polar surface area (TPSA) is 178 Å². The average Bonchev–Trinajstić information content (AvgIpc) is 4.01. The number of nitrogens with one attached hydrogen (secondary N) is 1. The van der Waals surface area contributed by atoms with E-state index in [1.165, 1.54) is 0 Å². The SMILES string of the molecule is C=C[C@@H]1C[C@]1(CC(=O)[C@@H]1C[C@@H]2CN1C(=O)[C@H](C1CCCC1)CC(=O)O[C@@H]1CCC[C@H]1CC/C=C/Cc1c(nc3ccccc3c1OCCO)O2)C(=O)NS(=O)(=O)C1CC1. The van der Waals surface area contributed by atoms with E-state index in [2.05, 4.69) is 17.4 Å². The van der Waals surface area contributed by atoms with Crippen LogP contribution < -0.4 is 14.2 Å². The summed E-state index contributed by atoms with van der Waals surface area (Å²) in [4.78, 5) is 63.8. The number of hydrogen-bond acceptors (Lipinski definition) is 11. The predicted molar refractivity (Wildman–Crippen MR) is 219 cm³/mol. The van der Waals surface area contributed by atoms with E-state index in [0.29, 0.717) is 42.0 Å². The third-order valence-electron chi connectivity index (χ3n) is 13.7.